The highest BCUT2D eigenvalue weighted by molar-refractivity contribution is 6.46. The number of carbonyl (C=O) groups excluding carboxylic acids is 2. The summed E-state index contributed by atoms with van der Waals surface area (Å²) in [5, 5.41) is 20.4. The first-order chi connectivity index (χ1) is 12.9. The average Bonchev–Trinajstić information content (AvgIpc) is 2.91. The number of likely N-dealkylation sites (tertiary alicyclic amines) is 1. The third-order valence-electron chi connectivity index (χ3n) is 4.61. The Kier molecular flexibility index (Phi) is 5.28. The number of hydrogen-bond acceptors (Lipinski definition) is 5. The number of ketones is 1. The first-order valence-electron chi connectivity index (χ1n) is 8.57. The lowest BCUT2D eigenvalue weighted by molar-refractivity contribution is -0.140. The van der Waals surface area contributed by atoms with Gasteiger partial charge in [0, 0.05) is 19.2 Å². The van der Waals surface area contributed by atoms with Crippen molar-refractivity contribution in [3.05, 3.63) is 70.8 Å². The fourth-order valence-electron chi connectivity index (χ4n) is 3.17. The second kappa shape index (κ2) is 7.63. The van der Waals surface area contributed by atoms with Crippen molar-refractivity contribution in [1.82, 2.24) is 4.90 Å². The molecule has 0 saturated carbocycles. The van der Waals surface area contributed by atoms with E-state index in [9.17, 15) is 19.8 Å². The van der Waals surface area contributed by atoms with Gasteiger partial charge in [0.05, 0.1) is 18.2 Å². The van der Waals surface area contributed by atoms with E-state index < -0.39 is 17.7 Å². The number of methoxy groups -OCH3 is 1. The van der Waals surface area contributed by atoms with E-state index in [2.05, 4.69) is 0 Å². The van der Waals surface area contributed by atoms with Crippen molar-refractivity contribution in [2.75, 3.05) is 20.3 Å². The fourth-order valence-corrected chi connectivity index (χ4v) is 3.17. The van der Waals surface area contributed by atoms with Gasteiger partial charge in [-0.3, -0.25) is 9.59 Å². The number of amides is 1. The number of hydrogen-bond donors (Lipinski definition) is 2. The monoisotopic (exact) mass is 367 g/mol. The molecule has 6 heteroatoms. The van der Waals surface area contributed by atoms with Gasteiger partial charge in [-0.15, -0.1) is 0 Å². The predicted octanol–water partition coefficient (Wildman–Crippen LogP) is 2.77. The standard InChI is InChI=1S/C21H21NO5/c1-13-3-5-15(6-4-13)19(24)17-18(14-7-9-16(23)10-8-14)22(11-12-27-2)21(26)20(17)25/h3-10,18,23-24H,11-12H2,1-2H3/b19-17-. The third-order valence-corrected chi connectivity index (χ3v) is 4.61. The van der Waals surface area contributed by atoms with Crippen molar-refractivity contribution in [2.45, 2.75) is 13.0 Å². The minimum Gasteiger partial charge on any atom is -0.508 e. The molecule has 1 saturated heterocycles. The number of carbonyl (C=O) groups is 2. The summed E-state index contributed by atoms with van der Waals surface area (Å²) in [5.41, 5.74) is 2.14. The zero-order valence-corrected chi connectivity index (χ0v) is 15.2. The van der Waals surface area contributed by atoms with Crippen molar-refractivity contribution in [1.29, 1.82) is 0 Å². The maximum Gasteiger partial charge on any atom is 0.295 e. The quantitative estimate of drug-likeness (QED) is 0.482. The van der Waals surface area contributed by atoms with E-state index in [1.54, 1.807) is 24.3 Å². The van der Waals surface area contributed by atoms with E-state index in [1.165, 1.54) is 24.1 Å². The van der Waals surface area contributed by atoms with E-state index in [4.69, 9.17) is 4.74 Å². The van der Waals surface area contributed by atoms with Crippen LogP contribution in [0.25, 0.3) is 5.76 Å². The van der Waals surface area contributed by atoms with Crippen LogP contribution in [0.3, 0.4) is 0 Å². The lowest BCUT2D eigenvalue weighted by Crippen LogP contribution is -2.32. The van der Waals surface area contributed by atoms with Gasteiger partial charge in [-0.2, -0.15) is 0 Å². The van der Waals surface area contributed by atoms with Gasteiger partial charge >= 0.3 is 0 Å². The Morgan fingerprint density at radius 3 is 2.30 bits per heavy atom. The van der Waals surface area contributed by atoms with Crippen LogP contribution in [-0.4, -0.2) is 47.1 Å². The molecule has 6 nitrogen and oxygen atoms in total. The fraction of sp³-hybridized carbons (Fsp3) is 0.238. The first kappa shape index (κ1) is 18.7. The van der Waals surface area contributed by atoms with Gasteiger partial charge in [-0.05, 0) is 24.6 Å². The molecule has 1 unspecified atom stereocenters. The van der Waals surface area contributed by atoms with Gasteiger partial charge in [-0.1, -0.05) is 42.0 Å². The summed E-state index contributed by atoms with van der Waals surface area (Å²) in [6, 6.07) is 12.6. The molecular weight excluding hydrogens is 346 g/mol. The average molecular weight is 367 g/mol. The van der Waals surface area contributed by atoms with Gasteiger partial charge in [0.15, 0.2) is 0 Å². The smallest absolute Gasteiger partial charge is 0.295 e. The topological polar surface area (TPSA) is 87.1 Å². The maximum atomic E-state index is 12.7. The van der Waals surface area contributed by atoms with Crippen LogP contribution in [-0.2, 0) is 14.3 Å². The van der Waals surface area contributed by atoms with Crippen molar-refractivity contribution >= 4 is 17.4 Å². The van der Waals surface area contributed by atoms with Crippen molar-refractivity contribution < 1.29 is 24.5 Å². The molecule has 1 amide bonds. The molecule has 0 aromatic heterocycles. The van der Waals surface area contributed by atoms with Gasteiger partial charge < -0.3 is 19.8 Å². The number of benzene rings is 2. The molecule has 1 aliphatic heterocycles. The van der Waals surface area contributed by atoms with E-state index in [0.717, 1.165) is 5.56 Å². The Bertz CT molecular complexity index is 884. The minimum absolute atomic E-state index is 0.0330. The molecule has 1 heterocycles. The van der Waals surface area contributed by atoms with Crippen molar-refractivity contribution in [3.63, 3.8) is 0 Å². The SMILES string of the molecule is COCCN1C(=O)C(=O)/C(=C(\O)c2ccc(C)cc2)C1c1ccc(O)cc1. The van der Waals surface area contributed by atoms with E-state index in [-0.39, 0.29) is 30.2 Å². The summed E-state index contributed by atoms with van der Waals surface area (Å²) in [4.78, 5) is 26.7. The number of rotatable bonds is 5. The number of aryl methyl sites for hydroxylation is 1. The molecule has 1 atom stereocenters. The molecular formula is C21H21NO5. The molecule has 2 aromatic carbocycles. The summed E-state index contributed by atoms with van der Waals surface area (Å²) < 4.78 is 5.06. The van der Waals surface area contributed by atoms with Crippen molar-refractivity contribution in [2.24, 2.45) is 0 Å². The Balaban J connectivity index is 2.14. The summed E-state index contributed by atoms with van der Waals surface area (Å²) in [5.74, 6) is -1.56. The van der Waals surface area contributed by atoms with Crippen LogP contribution in [0.1, 0.15) is 22.7 Å². The van der Waals surface area contributed by atoms with Crippen LogP contribution in [0.4, 0.5) is 0 Å². The normalized spacial score (nSPS) is 18.9. The van der Waals surface area contributed by atoms with Crippen LogP contribution in [0.2, 0.25) is 0 Å². The molecule has 0 spiro atoms. The van der Waals surface area contributed by atoms with Gasteiger partial charge in [0.2, 0.25) is 0 Å². The zero-order chi connectivity index (χ0) is 19.6. The highest BCUT2D eigenvalue weighted by atomic mass is 16.5. The largest absolute Gasteiger partial charge is 0.508 e. The number of aliphatic hydroxyl groups excluding tert-OH is 1. The Labute approximate surface area is 157 Å². The lowest BCUT2D eigenvalue weighted by atomic mass is 9.95. The molecule has 0 bridgehead atoms. The Hall–Kier alpha value is -3.12. The summed E-state index contributed by atoms with van der Waals surface area (Å²) in [6.07, 6.45) is 0. The highest BCUT2D eigenvalue weighted by Crippen LogP contribution is 2.39. The lowest BCUT2D eigenvalue weighted by Gasteiger charge is -2.25. The second-order valence-corrected chi connectivity index (χ2v) is 6.44. The van der Waals surface area contributed by atoms with Crippen LogP contribution < -0.4 is 0 Å². The number of aliphatic hydroxyl groups is 1. The molecule has 0 radical (unpaired) electrons. The zero-order valence-electron chi connectivity index (χ0n) is 15.2. The molecule has 1 aliphatic rings. The minimum atomic E-state index is -0.748. The highest BCUT2D eigenvalue weighted by Gasteiger charge is 2.45. The van der Waals surface area contributed by atoms with Crippen LogP contribution in [0.15, 0.2) is 54.1 Å². The summed E-state index contributed by atoms with van der Waals surface area (Å²) >= 11 is 0. The van der Waals surface area contributed by atoms with E-state index in [0.29, 0.717) is 11.1 Å². The first-order valence-corrected chi connectivity index (χ1v) is 8.57. The second-order valence-electron chi connectivity index (χ2n) is 6.44. The van der Waals surface area contributed by atoms with Gasteiger partial charge in [0.25, 0.3) is 11.7 Å². The van der Waals surface area contributed by atoms with Crippen molar-refractivity contribution in [3.8, 4) is 5.75 Å². The number of Topliss-reactive ketones (excluding diaryl/α,β-unsaturated/α-hetero) is 1. The van der Waals surface area contributed by atoms with E-state index >= 15 is 0 Å². The molecule has 140 valence electrons. The number of phenolic OH excluding ortho intramolecular Hbond substituents is 1. The predicted molar refractivity (Wildman–Crippen MR) is 100 cm³/mol. The van der Waals surface area contributed by atoms with Crippen LogP contribution in [0.5, 0.6) is 5.75 Å². The molecule has 1 fully saturated rings. The summed E-state index contributed by atoms with van der Waals surface area (Å²) in [7, 11) is 1.51. The maximum absolute atomic E-state index is 12.7. The Morgan fingerprint density at radius 1 is 1.07 bits per heavy atom. The van der Waals surface area contributed by atoms with Crippen LogP contribution >= 0.6 is 0 Å². The van der Waals surface area contributed by atoms with Gasteiger partial charge in [0.1, 0.15) is 11.5 Å². The molecule has 3 rings (SSSR count). The number of nitrogens with zero attached hydrogens (tertiary/aromatic N) is 1. The molecule has 0 aliphatic carbocycles. The summed E-state index contributed by atoms with van der Waals surface area (Å²) in [6.45, 7) is 2.38. The van der Waals surface area contributed by atoms with Crippen LogP contribution in [0, 0.1) is 6.92 Å². The van der Waals surface area contributed by atoms with E-state index in [1.807, 2.05) is 19.1 Å². The number of ether oxygens (including phenoxy) is 1. The third kappa shape index (κ3) is 3.57. The van der Waals surface area contributed by atoms with Gasteiger partial charge in [-0.25, -0.2) is 0 Å². The molecule has 27 heavy (non-hydrogen) atoms. The number of aromatic hydroxyl groups is 1. The molecule has 2 aromatic rings. The number of phenols is 1. The Morgan fingerprint density at radius 2 is 1.70 bits per heavy atom. The molecule has 2 N–H and O–H groups in total.